The lowest BCUT2D eigenvalue weighted by molar-refractivity contribution is 0.0961. The van der Waals surface area contributed by atoms with E-state index in [4.69, 9.17) is 0 Å². The largest absolute Gasteiger partial charge is 0.300 e. The van der Waals surface area contributed by atoms with Crippen molar-refractivity contribution in [2.45, 2.75) is 45.1 Å². The number of nitrogens with zero attached hydrogens (tertiary/aromatic N) is 1. The van der Waals surface area contributed by atoms with Crippen molar-refractivity contribution in [1.82, 2.24) is 4.90 Å². The molecule has 0 N–H and O–H groups in total. The van der Waals surface area contributed by atoms with Gasteiger partial charge in [0.15, 0.2) is 5.78 Å². The minimum Gasteiger partial charge on any atom is -0.300 e. The average molecular weight is 263 g/mol. The highest BCUT2D eigenvalue weighted by Gasteiger charge is 2.28. The fourth-order valence-electron chi connectivity index (χ4n) is 2.33. The van der Waals surface area contributed by atoms with E-state index in [1.807, 2.05) is 0 Å². The molecule has 104 valence electrons. The lowest BCUT2D eigenvalue weighted by Gasteiger charge is -2.21. The Bertz CT molecular complexity index is 429. The maximum absolute atomic E-state index is 13.1. The van der Waals surface area contributed by atoms with E-state index < -0.39 is 0 Å². The first kappa shape index (κ1) is 14.2. The van der Waals surface area contributed by atoms with E-state index in [0.29, 0.717) is 18.0 Å². The molecule has 2 rings (SSSR count). The number of unbranched alkanes of at least 4 members (excludes halogenated alkanes) is 1. The highest BCUT2D eigenvalue weighted by atomic mass is 19.1. The summed E-state index contributed by atoms with van der Waals surface area (Å²) in [5, 5.41) is 0. The molecule has 0 bridgehead atoms. The number of carbonyl (C=O) groups excluding carboxylic acids is 1. The Kier molecular flexibility index (Phi) is 5.08. The van der Waals surface area contributed by atoms with Gasteiger partial charge >= 0.3 is 0 Å². The van der Waals surface area contributed by atoms with Gasteiger partial charge in [-0.05, 0) is 37.9 Å². The van der Waals surface area contributed by atoms with Gasteiger partial charge in [-0.25, -0.2) is 4.39 Å². The Morgan fingerprint density at radius 3 is 2.79 bits per heavy atom. The summed E-state index contributed by atoms with van der Waals surface area (Å²) in [6, 6.07) is 6.67. The summed E-state index contributed by atoms with van der Waals surface area (Å²) in [6.07, 6.45) is 5.38. The molecule has 0 heterocycles. The Morgan fingerprint density at radius 1 is 1.37 bits per heavy atom. The summed E-state index contributed by atoms with van der Waals surface area (Å²) < 4.78 is 13.1. The molecule has 0 amide bonds. The van der Waals surface area contributed by atoms with Gasteiger partial charge in [0.1, 0.15) is 5.82 Å². The number of rotatable bonds is 8. The summed E-state index contributed by atoms with van der Waals surface area (Å²) in [6.45, 7) is 4.07. The van der Waals surface area contributed by atoms with E-state index in [1.165, 1.54) is 37.8 Å². The van der Waals surface area contributed by atoms with Gasteiger partial charge in [-0.15, -0.1) is 0 Å². The first-order valence-electron chi connectivity index (χ1n) is 7.23. The second-order valence-electron chi connectivity index (χ2n) is 5.30. The van der Waals surface area contributed by atoms with E-state index in [2.05, 4.69) is 11.8 Å². The summed E-state index contributed by atoms with van der Waals surface area (Å²) in [5.74, 6) is -0.294. The number of hydrogen-bond donors (Lipinski definition) is 0. The molecule has 1 aromatic rings. The SMILES string of the molecule is CCCCN(CCC(=O)c1cccc(F)c1)C1CC1. The van der Waals surface area contributed by atoms with E-state index in [0.717, 1.165) is 13.1 Å². The highest BCUT2D eigenvalue weighted by molar-refractivity contribution is 5.96. The van der Waals surface area contributed by atoms with E-state index >= 15 is 0 Å². The maximum Gasteiger partial charge on any atom is 0.164 e. The zero-order valence-electron chi connectivity index (χ0n) is 11.6. The molecule has 1 aliphatic rings. The van der Waals surface area contributed by atoms with Gasteiger partial charge in [0.2, 0.25) is 0 Å². The van der Waals surface area contributed by atoms with Crippen LogP contribution >= 0.6 is 0 Å². The van der Waals surface area contributed by atoms with Gasteiger partial charge < -0.3 is 0 Å². The summed E-state index contributed by atoms with van der Waals surface area (Å²) in [7, 11) is 0. The predicted octanol–water partition coefficient (Wildman–Crippen LogP) is 3.66. The third kappa shape index (κ3) is 4.43. The number of carbonyl (C=O) groups is 1. The van der Waals surface area contributed by atoms with Crippen molar-refractivity contribution in [3.8, 4) is 0 Å². The molecule has 1 fully saturated rings. The second kappa shape index (κ2) is 6.80. The molecule has 0 unspecified atom stereocenters. The number of Topliss-reactive ketones (excluding diaryl/α,β-unsaturated/α-hetero) is 1. The molecule has 0 atom stereocenters. The van der Waals surface area contributed by atoms with Crippen LogP contribution in [0.3, 0.4) is 0 Å². The monoisotopic (exact) mass is 263 g/mol. The van der Waals surface area contributed by atoms with Gasteiger partial charge in [-0.2, -0.15) is 0 Å². The van der Waals surface area contributed by atoms with Crippen LogP contribution in [0.1, 0.15) is 49.4 Å². The van der Waals surface area contributed by atoms with Crippen LogP contribution in [0.4, 0.5) is 4.39 Å². The lowest BCUT2D eigenvalue weighted by atomic mass is 10.1. The topological polar surface area (TPSA) is 20.3 Å². The van der Waals surface area contributed by atoms with Crippen LogP contribution in [0.5, 0.6) is 0 Å². The molecule has 1 aromatic carbocycles. The first-order valence-corrected chi connectivity index (χ1v) is 7.23. The minimum atomic E-state index is -0.337. The summed E-state index contributed by atoms with van der Waals surface area (Å²) in [4.78, 5) is 14.4. The molecule has 19 heavy (non-hydrogen) atoms. The van der Waals surface area contributed by atoms with Crippen molar-refractivity contribution in [2.75, 3.05) is 13.1 Å². The van der Waals surface area contributed by atoms with Crippen LogP contribution in [0.2, 0.25) is 0 Å². The molecule has 1 saturated carbocycles. The molecule has 0 aliphatic heterocycles. The number of benzene rings is 1. The Labute approximate surface area is 114 Å². The van der Waals surface area contributed by atoms with Crippen molar-refractivity contribution in [1.29, 1.82) is 0 Å². The molecular weight excluding hydrogens is 241 g/mol. The zero-order chi connectivity index (χ0) is 13.7. The van der Waals surface area contributed by atoms with Crippen molar-refractivity contribution < 1.29 is 9.18 Å². The van der Waals surface area contributed by atoms with Crippen LogP contribution in [0.25, 0.3) is 0 Å². The Morgan fingerprint density at radius 2 is 2.16 bits per heavy atom. The third-order valence-corrected chi connectivity index (χ3v) is 3.63. The van der Waals surface area contributed by atoms with E-state index in [-0.39, 0.29) is 11.6 Å². The third-order valence-electron chi connectivity index (χ3n) is 3.63. The molecule has 0 saturated heterocycles. The zero-order valence-corrected chi connectivity index (χ0v) is 11.6. The van der Waals surface area contributed by atoms with Crippen LogP contribution in [-0.4, -0.2) is 29.8 Å². The second-order valence-corrected chi connectivity index (χ2v) is 5.30. The van der Waals surface area contributed by atoms with Crippen LogP contribution < -0.4 is 0 Å². The normalized spacial score (nSPS) is 14.9. The molecule has 0 radical (unpaired) electrons. The van der Waals surface area contributed by atoms with E-state index in [9.17, 15) is 9.18 Å². The molecule has 1 aliphatic carbocycles. The van der Waals surface area contributed by atoms with Gasteiger partial charge in [0.05, 0.1) is 0 Å². The fraction of sp³-hybridized carbons (Fsp3) is 0.562. The molecule has 3 heteroatoms. The van der Waals surface area contributed by atoms with E-state index in [1.54, 1.807) is 12.1 Å². The molecule has 2 nitrogen and oxygen atoms in total. The van der Waals surface area contributed by atoms with Gasteiger partial charge in [0, 0.05) is 24.6 Å². The van der Waals surface area contributed by atoms with Crippen molar-refractivity contribution in [3.05, 3.63) is 35.6 Å². The Balaban J connectivity index is 1.84. The standard InChI is InChI=1S/C16H22FNO/c1-2-3-10-18(15-7-8-15)11-9-16(19)13-5-4-6-14(17)12-13/h4-6,12,15H,2-3,7-11H2,1H3. The van der Waals surface area contributed by atoms with Crippen LogP contribution in [-0.2, 0) is 0 Å². The maximum atomic E-state index is 13.1. The fourth-order valence-corrected chi connectivity index (χ4v) is 2.33. The molecule has 0 aromatic heterocycles. The number of halogens is 1. The molecular formula is C16H22FNO. The lowest BCUT2D eigenvalue weighted by Crippen LogP contribution is -2.29. The highest BCUT2D eigenvalue weighted by Crippen LogP contribution is 2.27. The average Bonchev–Trinajstić information content (AvgIpc) is 3.23. The van der Waals surface area contributed by atoms with Gasteiger partial charge in [-0.1, -0.05) is 25.5 Å². The predicted molar refractivity (Wildman–Crippen MR) is 74.9 cm³/mol. The van der Waals surface area contributed by atoms with Gasteiger partial charge in [-0.3, -0.25) is 9.69 Å². The molecule has 0 spiro atoms. The minimum absolute atomic E-state index is 0.0432. The van der Waals surface area contributed by atoms with Gasteiger partial charge in [0.25, 0.3) is 0 Å². The van der Waals surface area contributed by atoms with Crippen molar-refractivity contribution in [3.63, 3.8) is 0 Å². The van der Waals surface area contributed by atoms with Crippen LogP contribution in [0, 0.1) is 5.82 Å². The van der Waals surface area contributed by atoms with Crippen LogP contribution in [0.15, 0.2) is 24.3 Å². The Hall–Kier alpha value is -1.22. The smallest absolute Gasteiger partial charge is 0.164 e. The summed E-state index contributed by atoms with van der Waals surface area (Å²) in [5.41, 5.74) is 0.492. The van der Waals surface area contributed by atoms with Crippen molar-refractivity contribution in [2.24, 2.45) is 0 Å². The number of hydrogen-bond acceptors (Lipinski definition) is 2. The van der Waals surface area contributed by atoms with Crippen molar-refractivity contribution >= 4 is 5.78 Å². The summed E-state index contributed by atoms with van der Waals surface area (Å²) >= 11 is 0. The number of ketones is 1. The first-order chi connectivity index (χ1) is 9.20. The quantitative estimate of drug-likeness (QED) is 0.667.